The van der Waals surface area contributed by atoms with E-state index in [1.54, 1.807) is 33.9 Å². The van der Waals surface area contributed by atoms with Crippen molar-refractivity contribution in [3.05, 3.63) is 71.7 Å². The topological polar surface area (TPSA) is 120 Å². The molecule has 4 heterocycles. The zero-order valence-corrected chi connectivity index (χ0v) is 21.2. The third-order valence-corrected chi connectivity index (χ3v) is 6.31. The molecule has 1 aliphatic rings. The summed E-state index contributed by atoms with van der Waals surface area (Å²) in [5.74, 6) is 1.24. The normalized spacial score (nSPS) is 13.4. The third-order valence-electron chi connectivity index (χ3n) is 6.31. The highest BCUT2D eigenvalue weighted by Gasteiger charge is 2.22. The molecule has 196 valence electrons. The van der Waals surface area contributed by atoms with Crippen LogP contribution < -0.4 is 20.5 Å². The molecule has 1 fully saturated rings. The number of anilines is 3. The fraction of sp³-hybridized carbons (Fsp3) is 0.269. The van der Waals surface area contributed by atoms with E-state index in [-0.39, 0.29) is 18.2 Å². The zero-order valence-electron chi connectivity index (χ0n) is 21.2. The van der Waals surface area contributed by atoms with Gasteiger partial charge < -0.3 is 24.6 Å². The minimum atomic E-state index is -0.298. The van der Waals surface area contributed by atoms with E-state index in [1.165, 1.54) is 25.1 Å². The Kier molecular flexibility index (Phi) is 6.94. The number of fused-ring (bicyclic) bond motifs is 1. The second-order valence-electron chi connectivity index (χ2n) is 8.57. The van der Waals surface area contributed by atoms with Crippen molar-refractivity contribution in [3.63, 3.8) is 0 Å². The standard InChI is InChI=1S/C26H28N8O4/c1-4-12-33-24(35)20-17-27-25(30-23(20)34(33)21-6-5-7-22(29-21)37-2)28-18-8-10-19(11-9-18)31-13-15-32(16-14-31)26(36)38-3/h4-11,17H,1,12-16H2,2-3H3,(H,27,28,30). The Morgan fingerprint density at radius 3 is 2.53 bits per heavy atom. The molecule has 12 heteroatoms. The number of methoxy groups -OCH3 is 2. The summed E-state index contributed by atoms with van der Waals surface area (Å²) in [7, 11) is 2.93. The third kappa shape index (κ3) is 4.75. The molecule has 1 N–H and O–H groups in total. The quantitative estimate of drug-likeness (QED) is 0.370. The Bertz CT molecular complexity index is 1520. The van der Waals surface area contributed by atoms with Crippen molar-refractivity contribution in [1.82, 2.24) is 29.2 Å². The molecule has 1 aromatic carbocycles. The number of hydrogen-bond acceptors (Lipinski definition) is 9. The van der Waals surface area contributed by atoms with Crippen LogP contribution in [-0.2, 0) is 11.3 Å². The number of piperazine rings is 1. The number of nitrogens with zero attached hydrogens (tertiary/aromatic N) is 7. The molecule has 1 saturated heterocycles. The molecule has 0 bridgehead atoms. The van der Waals surface area contributed by atoms with Gasteiger partial charge in [-0.3, -0.25) is 4.79 Å². The average molecular weight is 517 g/mol. The Balaban J connectivity index is 1.40. The molecule has 12 nitrogen and oxygen atoms in total. The number of ether oxygens (including phenoxy) is 2. The molecule has 0 atom stereocenters. The Morgan fingerprint density at radius 1 is 1.08 bits per heavy atom. The first-order chi connectivity index (χ1) is 18.5. The highest BCUT2D eigenvalue weighted by atomic mass is 16.5. The molecule has 5 rings (SSSR count). The number of hydrogen-bond donors (Lipinski definition) is 1. The predicted octanol–water partition coefficient (Wildman–Crippen LogP) is 2.80. The van der Waals surface area contributed by atoms with E-state index in [9.17, 15) is 9.59 Å². The van der Waals surface area contributed by atoms with Crippen molar-refractivity contribution >= 4 is 34.4 Å². The number of benzene rings is 1. The predicted molar refractivity (Wildman–Crippen MR) is 144 cm³/mol. The molecule has 38 heavy (non-hydrogen) atoms. The monoisotopic (exact) mass is 516 g/mol. The molecule has 0 radical (unpaired) electrons. The fourth-order valence-electron chi connectivity index (χ4n) is 4.41. The van der Waals surface area contributed by atoms with E-state index in [0.29, 0.717) is 41.8 Å². The van der Waals surface area contributed by atoms with Gasteiger partial charge in [0.1, 0.15) is 5.39 Å². The molecule has 0 saturated carbocycles. The van der Waals surface area contributed by atoms with Gasteiger partial charge in [0.05, 0.1) is 20.8 Å². The van der Waals surface area contributed by atoms with Crippen LogP contribution in [0, 0.1) is 0 Å². The summed E-state index contributed by atoms with van der Waals surface area (Å²) in [6.07, 6.45) is 2.85. The van der Waals surface area contributed by atoms with Gasteiger partial charge in [-0.05, 0) is 30.3 Å². The van der Waals surface area contributed by atoms with Crippen molar-refractivity contribution in [1.29, 1.82) is 0 Å². The number of pyridine rings is 1. The van der Waals surface area contributed by atoms with Gasteiger partial charge in [0.2, 0.25) is 11.8 Å². The fourth-order valence-corrected chi connectivity index (χ4v) is 4.41. The average Bonchev–Trinajstić information content (AvgIpc) is 3.23. The van der Waals surface area contributed by atoms with E-state index in [0.717, 1.165) is 24.5 Å². The van der Waals surface area contributed by atoms with E-state index < -0.39 is 0 Å². The lowest BCUT2D eigenvalue weighted by Gasteiger charge is -2.35. The minimum Gasteiger partial charge on any atom is -0.481 e. The maximum absolute atomic E-state index is 13.1. The van der Waals surface area contributed by atoms with Gasteiger partial charge in [0, 0.05) is 49.8 Å². The maximum Gasteiger partial charge on any atom is 0.409 e. The molecule has 1 aliphatic heterocycles. The van der Waals surface area contributed by atoms with Crippen LogP contribution in [0.4, 0.5) is 22.1 Å². The zero-order chi connectivity index (χ0) is 26.6. The summed E-state index contributed by atoms with van der Waals surface area (Å²) < 4.78 is 13.2. The number of carbonyl (C=O) groups is 1. The van der Waals surface area contributed by atoms with Crippen LogP contribution in [0.3, 0.4) is 0 Å². The second kappa shape index (κ2) is 10.6. The summed E-state index contributed by atoms with van der Waals surface area (Å²) in [6.45, 7) is 6.70. The van der Waals surface area contributed by atoms with Crippen molar-refractivity contribution in [2.45, 2.75) is 6.54 Å². The lowest BCUT2D eigenvalue weighted by Crippen LogP contribution is -2.48. The van der Waals surface area contributed by atoms with Gasteiger partial charge in [-0.25, -0.2) is 19.1 Å². The van der Waals surface area contributed by atoms with Crippen LogP contribution in [0.5, 0.6) is 5.88 Å². The molecule has 1 amide bonds. The van der Waals surface area contributed by atoms with Gasteiger partial charge in [0.15, 0.2) is 11.5 Å². The summed E-state index contributed by atoms with van der Waals surface area (Å²) in [5.41, 5.74) is 2.01. The smallest absolute Gasteiger partial charge is 0.409 e. The van der Waals surface area contributed by atoms with Crippen LogP contribution >= 0.6 is 0 Å². The number of allylic oxidation sites excluding steroid dienone is 1. The van der Waals surface area contributed by atoms with Crippen LogP contribution in [0.2, 0.25) is 0 Å². The first kappa shape index (κ1) is 24.8. The van der Waals surface area contributed by atoms with Gasteiger partial charge >= 0.3 is 6.09 Å². The van der Waals surface area contributed by atoms with Gasteiger partial charge in [-0.1, -0.05) is 12.1 Å². The number of nitrogens with one attached hydrogen (secondary N) is 1. The van der Waals surface area contributed by atoms with Gasteiger partial charge in [-0.2, -0.15) is 9.97 Å². The van der Waals surface area contributed by atoms with Crippen molar-refractivity contribution in [2.75, 3.05) is 50.6 Å². The highest BCUT2D eigenvalue weighted by molar-refractivity contribution is 5.77. The summed E-state index contributed by atoms with van der Waals surface area (Å²) >= 11 is 0. The highest BCUT2D eigenvalue weighted by Crippen LogP contribution is 2.23. The van der Waals surface area contributed by atoms with E-state index >= 15 is 0 Å². The van der Waals surface area contributed by atoms with Gasteiger partial charge in [-0.15, -0.1) is 6.58 Å². The Labute approximate surface area is 218 Å². The van der Waals surface area contributed by atoms with E-state index in [4.69, 9.17) is 9.47 Å². The Morgan fingerprint density at radius 2 is 1.84 bits per heavy atom. The number of aromatic nitrogens is 5. The Hall–Kier alpha value is -4.87. The summed E-state index contributed by atoms with van der Waals surface area (Å²) in [5, 5.41) is 3.58. The van der Waals surface area contributed by atoms with Crippen LogP contribution in [-0.4, -0.2) is 75.7 Å². The SMILES string of the molecule is C=CCn1c(=O)c2cnc(Nc3ccc(N4CCN(C(=O)OC)CC4)cc3)nc2n1-c1cccc(OC)n1. The van der Waals surface area contributed by atoms with Crippen LogP contribution in [0.1, 0.15) is 0 Å². The van der Waals surface area contributed by atoms with E-state index in [1.807, 2.05) is 24.3 Å². The van der Waals surface area contributed by atoms with Gasteiger partial charge in [0.25, 0.3) is 5.56 Å². The second-order valence-corrected chi connectivity index (χ2v) is 8.57. The van der Waals surface area contributed by atoms with Crippen molar-refractivity contribution in [3.8, 4) is 11.7 Å². The first-order valence-corrected chi connectivity index (χ1v) is 12.1. The number of carbonyl (C=O) groups excluding carboxylic acids is 1. The summed E-state index contributed by atoms with van der Waals surface area (Å²) in [4.78, 5) is 42.3. The lowest BCUT2D eigenvalue weighted by atomic mass is 10.2. The molecule has 3 aromatic heterocycles. The molecule has 4 aromatic rings. The maximum atomic E-state index is 13.1. The lowest BCUT2D eigenvalue weighted by molar-refractivity contribution is 0.121. The first-order valence-electron chi connectivity index (χ1n) is 12.1. The van der Waals surface area contributed by atoms with Crippen LogP contribution in [0.15, 0.2) is 66.1 Å². The van der Waals surface area contributed by atoms with E-state index in [2.05, 4.69) is 31.7 Å². The number of rotatable bonds is 7. The molecule has 0 aliphatic carbocycles. The number of amides is 1. The van der Waals surface area contributed by atoms with Crippen LogP contribution in [0.25, 0.3) is 16.9 Å². The minimum absolute atomic E-state index is 0.243. The van der Waals surface area contributed by atoms with Crippen molar-refractivity contribution in [2.24, 2.45) is 0 Å². The molecule has 0 spiro atoms. The summed E-state index contributed by atoms with van der Waals surface area (Å²) in [6, 6.07) is 13.2. The molecular weight excluding hydrogens is 488 g/mol. The molecule has 0 unspecified atom stereocenters. The van der Waals surface area contributed by atoms with Crippen molar-refractivity contribution < 1.29 is 14.3 Å². The molecular formula is C26H28N8O4. The largest absolute Gasteiger partial charge is 0.481 e.